The first kappa shape index (κ1) is 15.5. The molecule has 3 heteroatoms. The molecule has 0 unspecified atom stereocenters. The quantitative estimate of drug-likeness (QED) is 0.759. The van der Waals surface area contributed by atoms with Crippen LogP contribution in [0.15, 0.2) is 18.2 Å². The van der Waals surface area contributed by atoms with Gasteiger partial charge in [-0.1, -0.05) is 31.5 Å². The first-order chi connectivity index (χ1) is 9.49. The van der Waals surface area contributed by atoms with E-state index in [2.05, 4.69) is 13.8 Å². The molecule has 0 aromatic heterocycles. The molecule has 1 aromatic rings. The largest absolute Gasteiger partial charge is 0.299 e. The maximum atomic E-state index is 13.7. The number of rotatable bonds is 4. The Hall–Kier alpha value is -0.890. The minimum atomic E-state index is -0.373. The topological polar surface area (TPSA) is 17.1 Å². The lowest BCUT2D eigenvalue weighted by atomic mass is 9.75. The van der Waals surface area contributed by atoms with E-state index in [0.717, 1.165) is 31.6 Å². The average Bonchev–Trinajstić information content (AvgIpc) is 2.43. The molecule has 0 aliphatic heterocycles. The molecular weight excluding hydrogens is 275 g/mol. The zero-order chi connectivity index (χ0) is 14.7. The van der Waals surface area contributed by atoms with Crippen molar-refractivity contribution in [3.05, 3.63) is 34.6 Å². The summed E-state index contributed by atoms with van der Waals surface area (Å²) >= 11 is 5.99. The fourth-order valence-electron chi connectivity index (χ4n) is 3.13. The number of hydrogen-bond acceptors (Lipinski definition) is 1. The predicted molar refractivity (Wildman–Crippen MR) is 80.4 cm³/mol. The molecule has 2 rings (SSSR count). The van der Waals surface area contributed by atoms with Crippen LogP contribution < -0.4 is 0 Å². The van der Waals surface area contributed by atoms with Gasteiger partial charge in [-0.15, -0.1) is 0 Å². The molecule has 0 saturated heterocycles. The highest BCUT2D eigenvalue weighted by molar-refractivity contribution is 6.31. The third kappa shape index (κ3) is 3.60. The molecule has 0 atom stereocenters. The first-order valence-corrected chi connectivity index (χ1v) is 7.82. The van der Waals surface area contributed by atoms with E-state index >= 15 is 0 Å². The summed E-state index contributed by atoms with van der Waals surface area (Å²) < 4.78 is 13.7. The second-order valence-electron chi connectivity index (χ2n) is 6.20. The monoisotopic (exact) mass is 296 g/mol. The number of carbonyl (C=O) groups is 1. The highest BCUT2D eigenvalue weighted by Crippen LogP contribution is 2.34. The van der Waals surface area contributed by atoms with Crippen molar-refractivity contribution in [1.29, 1.82) is 0 Å². The Morgan fingerprint density at radius 1 is 1.30 bits per heavy atom. The molecule has 1 aliphatic carbocycles. The zero-order valence-corrected chi connectivity index (χ0v) is 12.9. The molecule has 1 aromatic carbocycles. The maximum Gasteiger partial charge on any atom is 0.140 e. The molecule has 0 spiro atoms. The molecule has 0 heterocycles. The number of ketones is 1. The minimum absolute atomic E-state index is 0.0840. The van der Waals surface area contributed by atoms with Gasteiger partial charge in [0, 0.05) is 22.9 Å². The van der Waals surface area contributed by atoms with Gasteiger partial charge in [0.25, 0.3) is 0 Å². The molecule has 0 radical (unpaired) electrons. The molecular formula is C17H22ClFO. The van der Waals surface area contributed by atoms with Gasteiger partial charge in [-0.05, 0) is 49.7 Å². The van der Waals surface area contributed by atoms with Crippen LogP contribution in [0.4, 0.5) is 4.39 Å². The number of Topliss-reactive ketones (excluding diaryl/α,β-unsaturated/α-hetero) is 1. The van der Waals surface area contributed by atoms with Gasteiger partial charge >= 0.3 is 0 Å². The third-order valence-corrected chi connectivity index (χ3v) is 4.94. The van der Waals surface area contributed by atoms with Gasteiger partial charge in [-0.25, -0.2) is 4.39 Å². The van der Waals surface area contributed by atoms with E-state index in [9.17, 15) is 9.18 Å². The summed E-state index contributed by atoms with van der Waals surface area (Å²) in [5, 5.41) is 0.356. The zero-order valence-electron chi connectivity index (χ0n) is 12.2. The third-order valence-electron chi connectivity index (χ3n) is 4.58. The number of hydrogen-bond donors (Lipinski definition) is 0. The lowest BCUT2D eigenvalue weighted by Gasteiger charge is -2.30. The first-order valence-electron chi connectivity index (χ1n) is 7.44. The molecule has 1 nitrogen and oxygen atoms in total. The summed E-state index contributed by atoms with van der Waals surface area (Å²) in [6, 6.07) is 4.58. The van der Waals surface area contributed by atoms with Crippen molar-refractivity contribution in [1.82, 2.24) is 0 Å². The van der Waals surface area contributed by atoms with Crippen molar-refractivity contribution >= 4 is 17.4 Å². The summed E-state index contributed by atoms with van der Waals surface area (Å²) in [6.45, 7) is 4.48. The van der Waals surface area contributed by atoms with Crippen LogP contribution in [0.1, 0.15) is 45.1 Å². The SMILES string of the molecule is CC(C)C1CCC(C(=O)Cc2c(F)cccc2Cl)CC1. The van der Waals surface area contributed by atoms with Gasteiger partial charge in [0.1, 0.15) is 11.6 Å². The maximum absolute atomic E-state index is 13.7. The highest BCUT2D eigenvalue weighted by Gasteiger charge is 2.28. The number of halogens is 2. The van der Waals surface area contributed by atoms with Crippen molar-refractivity contribution in [3.63, 3.8) is 0 Å². The van der Waals surface area contributed by atoms with Gasteiger partial charge in [-0.3, -0.25) is 4.79 Å². The van der Waals surface area contributed by atoms with Crippen molar-refractivity contribution in [2.24, 2.45) is 17.8 Å². The predicted octanol–water partition coefficient (Wildman–Crippen LogP) is 5.05. The molecule has 1 fully saturated rings. The van der Waals surface area contributed by atoms with Crippen molar-refractivity contribution < 1.29 is 9.18 Å². The Bertz CT molecular complexity index is 456. The highest BCUT2D eigenvalue weighted by atomic mass is 35.5. The number of benzene rings is 1. The molecule has 110 valence electrons. The number of carbonyl (C=O) groups excluding carboxylic acids is 1. The Balaban J connectivity index is 1.96. The summed E-state index contributed by atoms with van der Waals surface area (Å²) in [4.78, 5) is 12.3. The summed E-state index contributed by atoms with van der Waals surface area (Å²) in [5.74, 6) is 1.27. The minimum Gasteiger partial charge on any atom is -0.299 e. The molecule has 1 aliphatic rings. The van der Waals surface area contributed by atoms with Gasteiger partial charge in [0.15, 0.2) is 0 Å². The van der Waals surface area contributed by atoms with Crippen LogP contribution in [0.25, 0.3) is 0 Å². The smallest absolute Gasteiger partial charge is 0.140 e. The van der Waals surface area contributed by atoms with Gasteiger partial charge in [0.2, 0.25) is 0 Å². The van der Waals surface area contributed by atoms with Crippen molar-refractivity contribution in [3.8, 4) is 0 Å². The van der Waals surface area contributed by atoms with E-state index in [0.29, 0.717) is 16.5 Å². The van der Waals surface area contributed by atoms with Gasteiger partial charge < -0.3 is 0 Å². The van der Waals surface area contributed by atoms with Crippen molar-refractivity contribution in [2.75, 3.05) is 0 Å². The van der Waals surface area contributed by atoms with Crippen LogP contribution in [-0.2, 0) is 11.2 Å². The molecule has 0 amide bonds. The lowest BCUT2D eigenvalue weighted by molar-refractivity contribution is -0.123. The second-order valence-corrected chi connectivity index (χ2v) is 6.61. The van der Waals surface area contributed by atoms with Gasteiger partial charge in [0.05, 0.1) is 0 Å². The lowest BCUT2D eigenvalue weighted by Crippen LogP contribution is -2.25. The van der Waals surface area contributed by atoms with Gasteiger partial charge in [-0.2, -0.15) is 0 Å². The summed E-state index contributed by atoms with van der Waals surface area (Å²) in [7, 11) is 0. The van der Waals surface area contributed by atoms with E-state index in [1.54, 1.807) is 12.1 Å². The fourth-order valence-corrected chi connectivity index (χ4v) is 3.36. The molecule has 0 bridgehead atoms. The average molecular weight is 297 g/mol. The van der Waals surface area contributed by atoms with Crippen LogP contribution in [0, 0.1) is 23.6 Å². The Morgan fingerprint density at radius 3 is 2.50 bits per heavy atom. The molecule has 20 heavy (non-hydrogen) atoms. The summed E-state index contributed by atoms with van der Waals surface area (Å²) in [5.41, 5.74) is 0.352. The van der Waals surface area contributed by atoms with Crippen LogP contribution in [0.2, 0.25) is 5.02 Å². The summed E-state index contributed by atoms with van der Waals surface area (Å²) in [6.07, 6.45) is 4.22. The Kier molecular flexibility index (Phi) is 5.20. The normalized spacial score (nSPS) is 23.1. The molecule has 1 saturated carbocycles. The van der Waals surface area contributed by atoms with E-state index in [1.165, 1.54) is 6.07 Å². The second kappa shape index (κ2) is 6.71. The molecule has 0 N–H and O–H groups in total. The van der Waals surface area contributed by atoms with E-state index < -0.39 is 0 Å². The van der Waals surface area contributed by atoms with Crippen LogP contribution in [-0.4, -0.2) is 5.78 Å². The Labute approximate surface area is 125 Å². The van der Waals surface area contributed by atoms with Crippen molar-refractivity contribution in [2.45, 2.75) is 46.0 Å². The van der Waals surface area contributed by atoms with Crippen LogP contribution in [0.5, 0.6) is 0 Å². The standard InChI is InChI=1S/C17H22ClFO/c1-11(2)12-6-8-13(9-7-12)17(20)10-14-15(18)4-3-5-16(14)19/h3-5,11-13H,6-10H2,1-2H3. The Morgan fingerprint density at radius 2 is 1.95 bits per heavy atom. The van der Waals surface area contributed by atoms with E-state index in [4.69, 9.17) is 11.6 Å². The van der Waals surface area contributed by atoms with E-state index in [1.807, 2.05) is 0 Å². The van der Waals surface area contributed by atoms with Crippen LogP contribution in [0.3, 0.4) is 0 Å². The fraction of sp³-hybridized carbons (Fsp3) is 0.588. The van der Waals surface area contributed by atoms with E-state index in [-0.39, 0.29) is 23.9 Å². The van der Waals surface area contributed by atoms with Crippen LogP contribution >= 0.6 is 11.6 Å².